The maximum Gasteiger partial charge on any atom is 0.261 e. The molecule has 1 aliphatic rings. The standard InChI is InChI=1S/C27H27N5O4S/c1-2-15-32-24-14-13-21(31-16-7-12-25(31)33)18-23(24)28-27(32)29-26(34)19-8-6-9-20(17-19)30-37(35,36)22-10-4-3-5-11-22/h3-6,8-11,13-14,17-18,30H,2,7,12,15-16H2,1H3,(H,28,29,34). The van der Waals surface area contributed by atoms with Gasteiger partial charge in [0.05, 0.1) is 15.9 Å². The molecule has 9 nitrogen and oxygen atoms in total. The zero-order valence-corrected chi connectivity index (χ0v) is 21.2. The van der Waals surface area contributed by atoms with Crippen molar-refractivity contribution in [3.05, 3.63) is 78.4 Å². The van der Waals surface area contributed by atoms with Crippen LogP contribution in [0.25, 0.3) is 11.0 Å². The van der Waals surface area contributed by atoms with Crippen molar-refractivity contribution in [1.29, 1.82) is 0 Å². The lowest BCUT2D eigenvalue weighted by atomic mass is 10.2. The summed E-state index contributed by atoms with van der Waals surface area (Å²) >= 11 is 0. The monoisotopic (exact) mass is 517 g/mol. The maximum atomic E-state index is 13.2. The molecule has 1 aromatic heterocycles. The molecule has 2 N–H and O–H groups in total. The highest BCUT2D eigenvalue weighted by atomic mass is 32.2. The Morgan fingerprint density at radius 3 is 2.57 bits per heavy atom. The van der Waals surface area contributed by atoms with Gasteiger partial charge in [-0.15, -0.1) is 0 Å². The Labute approximate surface area is 215 Å². The molecule has 1 aliphatic heterocycles. The van der Waals surface area contributed by atoms with E-state index >= 15 is 0 Å². The van der Waals surface area contributed by atoms with Gasteiger partial charge in [0.1, 0.15) is 0 Å². The van der Waals surface area contributed by atoms with Crippen LogP contribution in [0, 0.1) is 0 Å². The highest BCUT2D eigenvalue weighted by Crippen LogP contribution is 2.28. The van der Waals surface area contributed by atoms with Crippen molar-refractivity contribution in [1.82, 2.24) is 9.55 Å². The molecule has 10 heteroatoms. The number of fused-ring (bicyclic) bond motifs is 1. The summed E-state index contributed by atoms with van der Waals surface area (Å²) in [5.41, 5.74) is 2.90. The summed E-state index contributed by atoms with van der Waals surface area (Å²) in [6, 6.07) is 20.0. The van der Waals surface area contributed by atoms with Gasteiger partial charge in [-0.25, -0.2) is 13.4 Å². The summed E-state index contributed by atoms with van der Waals surface area (Å²) in [4.78, 5) is 31.9. The third-order valence-corrected chi connectivity index (χ3v) is 7.62. The predicted octanol–water partition coefficient (Wildman–Crippen LogP) is 4.63. The number of carbonyl (C=O) groups is 2. The van der Waals surface area contributed by atoms with E-state index in [2.05, 4.69) is 15.0 Å². The van der Waals surface area contributed by atoms with Gasteiger partial charge in [-0.1, -0.05) is 31.2 Å². The number of sulfonamides is 1. The van der Waals surface area contributed by atoms with Crippen molar-refractivity contribution in [2.75, 3.05) is 21.5 Å². The largest absolute Gasteiger partial charge is 0.312 e. The fourth-order valence-corrected chi connectivity index (χ4v) is 5.53. The lowest BCUT2D eigenvalue weighted by molar-refractivity contribution is -0.117. The van der Waals surface area contributed by atoms with Gasteiger partial charge in [-0.2, -0.15) is 0 Å². The molecule has 0 spiro atoms. The van der Waals surface area contributed by atoms with Gasteiger partial charge in [0.15, 0.2) is 0 Å². The molecule has 2 amide bonds. The summed E-state index contributed by atoms with van der Waals surface area (Å²) in [5, 5.41) is 2.88. The van der Waals surface area contributed by atoms with Crippen molar-refractivity contribution < 1.29 is 18.0 Å². The first-order valence-electron chi connectivity index (χ1n) is 12.2. The summed E-state index contributed by atoms with van der Waals surface area (Å²) in [6.45, 7) is 3.37. The Morgan fingerprint density at radius 2 is 1.84 bits per heavy atom. The summed E-state index contributed by atoms with van der Waals surface area (Å²) in [7, 11) is -3.79. The molecule has 1 saturated heterocycles. The fraction of sp³-hybridized carbons (Fsp3) is 0.222. The van der Waals surface area contributed by atoms with Crippen LogP contribution in [0.5, 0.6) is 0 Å². The lowest BCUT2D eigenvalue weighted by Gasteiger charge is -2.15. The molecule has 0 radical (unpaired) electrons. The first-order chi connectivity index (χ1) is 17.9. The van der Waals surface area contributed by atoms with Crippen LogP contribution in [0.1, 0.15) is 36.5 Å². The molecule has 0 atom stereocenters. The minimum atomic E-state index is -3.79. The van der Waals surface area contributed by atoms with Crippen LogP contribution in [0.15, 0.2) is 77.7 Å². The number of imidazole rings is 1. The predicted molar refractivity (Wildman–Crippen MR) is 143 cm³/mol. The first-order valence-corrected chi connectivity index (χ1v) is 13.6. The molecular weight excluding hydrogens is 490 g/mol. The molecule has 37 heavy (non-hydrogen) atoms. The third-order valence-electron chi connectivity index (χ3n) is 6.22. The smallest absolute Gasteiger partial charge is 0.261 e. The molecule has 190 valence electrons. The van der Waals surface area contributed by atoms with Crippen LogP contribution in [0.4, 0.5) is 17.3 Å². The number of anilines is 3. The number of aromatic nitrogens is 2. The molecule has 0 bridgehead atoms. The van der Waals surface area contributed by atoms with Crippen LogP contribution >= 0.6 is 0 Å². The van der Waals surface area contributed by atoms with Gasteiger partial charge >= 0.3 is 0 Å². The average molecular weight is 518 g/mol. The van der Waals surface area contributed by atoms with E-state index in [1.165, 1.54) is 18.2 Å². The normalized spacial score (nSPS) is 13.8. The number of hydrogen-bond donors (Lipinski definition) is 2. The van der Waals surface area contributed by atoms with Crippen LogP contribution in [0.3, 0.4) is 0 Å². The zero-order valence-electron chi connectivity index (χ0n) is 20.3. The number of aryl methyl sites for hydroxylation is 1. The second-order valence-corrected chi connectivity index (χ2v) is 10.5. The van der Waals surface area contributed by atoms with E-state index in [4.69, 9.17) is 0 Å². The highest BCUT2D eigenvalue weighted by molar-refractivity contribution is 7.92. The van der Waals surface area contributed by atoms with Gasteiger partial charge in [0.25, 0.3) is 15.9 Å². The van der Waals surface area contributed by atoms with Crippen LogP contribution < -0.4 is 14.9 Å². The second kappa shape index (κ2) is 10.1. The van der Waals surface area contributed by atoms with Crippen molar-refractivity contribution in [2.45, 2.75) is 37.6 Å². The Bertz CT molecular complexity index is 1580. The van der Waals surface area contributed by atoms with Crippen LogP contribution in [-0.4, -0.2) is 36.3 Å². The summed E-state index contributed by atoms with van der Waals surface area (Å²) in [5.74, 6) is 0.0778. The molecule has 1 fully saturated rings. The third kappa shape index (κ3) is 5.05. The Balaban J connectivity index is 1.40. The topological polar surface area (TPSA) is 113 Å². The number of carbonyl (C=O) groups excluding carboxylic acids is 2. The van der Waals surface area contributed by atoms with Gasteiger partial charge in [-0.3, -0.25) is 19.6 Å². The number of nitrogens with zero attached hydrogens (tertiary/aromatic N) is 3. The van der Waals surface area contributed by atoms with E-state index in [0.717, 1.165) is 24.0 Å². The Kier molecular flexibility index (Phi) is 6.66. The molecule has 2 heterocycles. The SMILES string of the molecule is CCCn1c(NC(=O)c2cccc(NS(=O)(=O)c3ccccc3)c2)nc2cc(N3CCCC3=O)ccc21. The molecule has 0 aliphatic carbocycles. The number of nitrogens with one attached hydrogen (secondary N) is 2. The Hall–Kier alpha value is -4.18. The molecular formula is C27H27N5O4S. The number of amides is 2. The minimum Gasteiger partial charge on any atom is -0.312 e. The van der Waals surface area contributed by atoms with Crippen molar-refractivity contribution in [3.8, 4) is 0 Å². The van der Waals surface area contributed by atoms with E-state index < -0.39 is 15.9 Å². The number of benzene rings is 3. The van der Waals surface area contributed by atoms with E-state index in [0.29, 0.717) is 31.0 Å². The summed E-state index contributed by atoms with van der Waals surface area (Å²) < 4.78 is 29.8. The molecule has 4 aromatic rings. The zero-order chi connectivity index (χ0) is 26.0. The van der Waals surface area contributed by atoms with Gasteiger partial charge in [0, 0.05) is 36.4 Å². The molecule has 3 aromatic carbocycles. The fourth-order valence-electron chi connectivity index (χ4n) is 4.46. The second-order valence-electron chi connectivity index (χ2n) is 8.86. The maximum absolute atomic E-state index is 13.2. The molecule has 0 saturated carbocycles. The summed E-state index contributed by atoms with van der Waals surface area (Å²) in [6.07, 6.45) is 2.21. The van der Waals surface area contributed by atoms with Crippen LogP contribution in [-0.2, 0) is 21.4 Å². The molecule has 0 unspecified atom stereocenters. The van der Waals surface area contributed by atoms with E-state index in [1.54, 1.807) is 41.3 Å². The van der Waals surface area contributed by atoms with E-state index in [-0.39, 0.29) is 22.1 Å². The minimum absolute atomic E-state index is 0.101. The van der Waals surface area contributed by atoms with Crippen molar-refractivity contribution >= 4 is 50.2 Å². The Morgan fingerprint density at radius 1 is 1.03 bits per heavy atom. The van der Waals surface area contributed by atoms with Gasteiger partial charge in [0.2, 0.25) is 11.9 Å². The highest BCUT2D eigenvalue weighted by Gasteiger charge is 2.23. The van der Waals surface area contributed by atoms with Crippen LogP contribution in [0.2, 0.25) is 0 Å². The van der Waals surface area contributed by atoms with Gasteiger partial charge in [-0.05, 0) is 61.4 Å². The quantitative estimate of drug-likeness (QED) is 0.354. The number of hydrogen-bond acceptors (Lipinski definition) is 5. The number of rotatable bonds is 8. The lowest BCUT2D eigenvalue weighted by Crippen LogP contribution is -2.23. The van der Waals surface area contributed by atoms with Gasteiger partial charge < -0.3 is 9.47 Å². The van der Waals surface area contributed by atoms with Crippen molar-refractivity contribution in [2.24, 2.45) is 0 Å². The van der Waals surface area contributed by atoms with E-state index in [1.807, 2.05) is 29.7 Å². The van der Waals surface area contributed by atoms with E-state index in [9.17, 15) is 18.0 Å². The first kappa shape index (κ1) is 24.5. The molecule has 5 rings (SSSR count). The average Bonchev–Trinajstić information content (AvgIpc) is 3.47. The van der Waals surface area contributed by atoms with Crippen molar-refractivity contribution in [3.63, 3.8) is 0 Å².